The summed E-state index contributed by atoms with van der Waals surface area (Å²) >= 11 is 0. The van der Waals surface area contributed by atoms with Crippen LogP contribution in [0.1, 0.15) is 31.9 Å². The molecule has 0 bridgehead atoms. The van der Waals surface area contributed by atoms with Crippen molar-refractivity contribution in [1.82, 2.24) is 0 Å². The third kappa shape index (κ3) is 2.06. The minimum absolute atomic E-state index is 0.0137. The van der Waals surface area contributed by atoms with Gasteiger partial charge in [-0.25, -0.2) is 4.39 Å². The summed E-state index contributed by atoms with van der Waals surface area (Å²) in [6.07, 6.45) is 0. The molecule has 0 aliphatic heterocycles. The van der Waals surface area contributed by atoms with Crippen molar-refractivity contribution in [2.45, 2.75) is 33.1 Å². The van der Waals surface area contributed by atoms with Crippen LogP contribution in [0, 0.1) is 12.7 Å². The number of anilines is 1. The number of rotatable bonds is 1. The summed E-state index contributed by atoms with van der Waals surface area (Å²) in [4.78, 5) is 0. The minimum atomic E-state index is -0.137. The van der Waals surface area contributed by atoms with Crippen LogP contribution in [0.3, 0.4) is 0 Å². The molecule has 0 aromatic heterocycles. The van der Waals surface area contributed by atoms with E-state index in [1.807, 2.05) is 13.1 Å². The van der Waals surface area contributed by atoms with Gasteiger partial charge in [-0.1, -0.05) is 20.8 Å². The number of nitrogens with one attached hydrogen (secondary N) is 1. The van der Waals surface area contributed by atoms with E-state index in [1.54, 1.807) is 13.0 Å². The molecule has 0 aliphatic rings. The maximum absolute atomic E-state index is 13.5. The zero-order valence-corrected chi connectivity index (χ0v) is 9.53. The Hall–Kier alpha value is -1.05. The molecule has 0 heterocycles. The molecule has 1 nitrogen and oxygen atoms in total. The monoisotopic (exact) mass is 195 g/mol. The van der Waals surface area contributed by atoms with Crippen LogP contribution < -0.4 is 5.32 Å². The van der Waals surface area contributed by atoms with Crippen LogP contribution in [0.4, 0.5) is 10.1 Å². The van der Waals surface area contributed by atoms with Crippen LogP contribution in [0.5, 0.6) is 0 Å². The molecule has 0 radical (unpaired) electrons. The summed E-state index contributed by atoms with van der Waals surface area (Å²) in [6.45, 7) is 8.03. The van der Waals surface area contributed by atoms with Crippen molar-refractivity contribution in [3.63, 3.8) is 0 Å². The Bertz CT molecular complexity index is 337. The number of benzene rings is 1. The third-order valence-corrected chi connectivity index (χ3v) is 2.48. The maximum Gasteiger partial charge on any atom is 0.128 e. The summed E-state index contributed by atoms with van der Waals surface area (Å²) in [5.41, 5.74) is 2.56. The Morgan fingerprint density at radius 2 is 1.79 bits per heavy atom. The molecule has 0 atom stereocenters. The average molecular weight is 195 g/mol. The first-order valence-electron chi connectivity index (χ1n) is 4.84. The van der Waals surface area contributed by atoms with Gasteiger partial charge < -0.3 is 5.32 Å². The highest BCUT2D eigenvalue weighted by Gasteiger charge is 2.16. The third-order valence-electron chi connectivity index (χ3n) is 2.48. The Morgan fingerprint density at radius 1 is 1.21 bits per heavy atom. The molecule has 1 rings (SSSR count). The van der Waals surface area contributed by atoms with E-state index in [9.17, 15) is 4.39 Å². The topological polar surface area (TPSA) is 12.0 Å². The molecule has 1 aromatic rings. The van der Waals surface area contributed by atoms with Crippen molar-refractivity contribution in [3.8, 4) is 0 Å². The Morgan fingerprint density at radius 3 is 2.21 bits per heavy atom. The lowest BCUT2D eigenvalue weighted by Gasteiger charge is -2.21. The van der Waals surface area contributed by atoms with Gasteiger partial charge in [0, 0.05) is 18.3 Å². The predicted octanol–water partition coefficient (Wildman–Crippen LogP) is 3.47. The van der Waals surface area contributed by atoms with Gasteiger partial charge in [0.25, 0.3) is 0 Å². The van der Waals surface area contributed by atoms with Crippen molar-refractivity contribution < 1.29 is 4.39 Å². The standard InChI is InChI=1S/C12H18FN/c1-8-10(13)6-9(12(2,3)4)7-11(8)14-5/h6-7,14H,1-5H3. The van der Waals surface area contributed by atoms with Gasteiger partial charge in [0.2, 0.25) is 0 Å². The fraction of sp³-hybridized carbons (Fsp3) is 0.500. The van der Waals surface area contributed by atoms with E-state index in [0.717, 1.165) is 11.3 Å². The fourth-order valence-electron chi connectivity index (χ4n) is 1.37. The molecule has 0 fully saturated rings. The number of hydrogen-bond acceptors (Lipinski definition) is 1. The predicted molar refractivity (Wildman–Crippen MR) is 59.4 cm³/mol. The van der Waals surface area contributed by atoms with Gasteiger partial charge in [-0.05, 0) is 30.0 Å². The summed E-state index contributed by atoms with van der Waals surface area (Å²) in [7, 11) is 1.81. The zero-order valence-electron chi connectivity index (χ0n) is 9.53. The molecule has 14 heavy (non-hydrogen) atoms. The van der Waals surface area contributed by atoms with Gasteiger partial charge in [-0.3, -0.25) is 0 Å². The quantitative estimate of drug-likeness (QED) is 0.723. The second-order valence-electron chi connectivity index (χ2n) is 4.63. The lowest BCUT2D eigenvalue weighted by atomic mass is 9.86. The van der Waals surface area contributed by atoms with E-state index < -0.39 is 0 Å². The molecule has 0 spiro atoms. The van der Waals surface area contributed by atoms with E-state index >= 15 is 0 Å². The normalized spacial score (nSPS) is 11.6. The van der Waals surface area contributed by atoms with Crippen LogP contribution in [0.25, 0.3) is 0 Å². The van der Waals surface area contributed by atoms with E-state index in [-0.39, 0.29) is 11.2 Å². The summed E-state index contributed by atoms with van der Waals surface area (Å²) in [6, 6.07) is 3.63. The van der Waals surface area contributed by atoms with Gasteiger partial charge >= 0.3 is 0 Å². The van der Waals surface area contributed by atoms with Gasteiger partial charge in [0.1, 0.15) is 5.82 Å². The number of halogens is 1. The zero-order chi connectivity index (χ0) is 10.9. The second-order valence-corrected chi connectivity index (χ2v) is 4.63. The van der Waals surface area contributed by atoms with Crippen LogP contribution in [-0.4, -0.2) is 7.05 Å². The fourth-order valence-corrected chi connectivity index (χ4v) is 1.37. The Balaban J connectivity index is 3.30. The lowest BCUT2D eigenvalue weighted by Crippen LogP contribution is -2.12. The van der Waals surface area contributed by atoms with E-state index in [2.05, 4.69) is 26.1 Å². The molecule has 78 valence electrons. The Kier molecular flexibility index (Phi) is 2.84. The van der Waals surface area contributed by atoms with Crippen molar-refractivity contribution in [2.24, 2.45) is 0 Å². The molecule has 1 aromatic carbocycles. The van der Waals surface area contributed by atoms with Crippen LogP contribution in [0.15, 0.2) is 12.1 Å². The number of hydrogen-bond donors (Lipinski definition) is 1. The lowest BCUT2D eigenvalue weighted by molar-refractivity contribution is 0.570. The average Bonchev–Trinajstić information content (AvgIpc) is 2.07. The maximum atomic E-state index is 13.5. The first-order valence-corrected chi connectivity index (χ1v) is 4.84. The molecule has 0 saturated heterocycles. The molecular weight excluding hydrogens is 177 g/mol. The van der Waals surface area contributed by atoms with Gasteiger partial charge in [0.15, 0.2) is 0 Å². The van der Waals surface area contributed by atoms with Crippen molar-refractivity contribution in [1.29, 1.82) is 0 Å². The molecule has 1 N–H and O–H groups in total. The SMILES string of the molecule is CNc1cc(C(C)(C)C)cc(F)c1C. The summed E-state index contributed by atoms with van der Waals surface area (Å²) < 4.78 is 13.5. The van der Waals surface area contributed by atoms with Crippen molar-refractivity contribution >= 4 is 5.69 Å². The van der Waals surface area contributed by atoms with Crippen LogP contribution >= 0.6 is 0 Å². The highest BCUT2D eigenvalue weighted by atomic mass is 19.1. The Labute approximate surface area is 85.3 Å². The first kappa shape index (κ1) is 11.0. The summed E-state index contributed by atoms with van der Waals surface area (Å²) in [5.74, 6) is -0.137. The molecule has 2 heteroatoms. The molecule has 0 amide bonds. The van der Waals surface area contributed by atoms with Crippen LogP contribution in [-0.2, 0) is 5.41 Å². The largest absolute Gasteiger partial charge is 0.388 e. The highest BCUT2D eigenvalue weighted by Crippen LogP contribution is 2.28. The van der Waals surface area contributed by atoms with Gasteiger partial charge in [0.05, 0.1) is 0 Å². The second kappa shape index (κ2) is 3.60. The van der Waals surface area contributed by atoms with Gasteiger partial charge in [-0.15, -0.1) is 0 Å². The smallest absolute Gasteiger partial charge is 0.128 e. The molecule has 0 aliphatic carbocycles. The minimum Gasteiger partial charge on any atom is -0.388 e. The van der Waals surface area contributed by atoms with Crippen LogP contribution in [0.2, 0.25) is 0 Å². The first-order chi connectivity index (χ1) is 6.36. The van der Waals surface area contributed by atoms with Crippen molar-refractivity contribution in [2.75, 3.05) is 12.4 Å². The molecular formula is C12H18FN. The van der Waals surface area contributed by atoms with E-state index in [4.69, 9.17) is 0 Å². The van der Waals surface area contributed by atoms with E-state index in [0.29, 0.717) is 5.56 Å². The molecule has 0 unspecified atom stereocenters. The van der Waals surface area contributed by atoms with Crippen molar-refractivity contribution in [3.05, 3.63) is 29.1 Å². The molecule has 0 saturated carbocycles. The highest BCUT2D eigenvalue weighted by molar-refractivity contribution is 5.54. The van der Waals surface area contributed by atoms with Gasteiger partial charge in [-0.2, -0.15) is 0 Å². The van der Waals surface area contributed by atoms with E-state index in [1.165, 1.54) is 0 Å². The summed E-state index contributed by atoms with van der Waals surface area (Å²) in [5, 5.41) is 3.01.